The highest BCUT2D eigenvalue weighted by molar-refractivity contribution is 5.83. The smallest absolute Gasteiger partial charge is 0.383 e. The molecular weight excluding hydrogens is 488 g/mol. The van der Waals surface area contributed by atoms with Crippen LogP contribution >= 0.6 is 0 Å². The molecule has 0 aliphatic carbocycles. The molecule has 0 unspecified atom stereocenters. The highest BCUT2D eigenvalue weighted by Gasteiger charge is 2.30. The summed E-state index contributed by atoms with van der Waals surface area (Å²) in [6.07, 6.45) is -1.07. The maximum absolute atomic E-state index is 14.4. The number of hydrogen-bond donors (Lipinski definition) is 2. The largest absolute Gasteiger partial charge is 0.416 e. The van der Waals surface area contributed by atoms with Crippen molar-refractivity contribution in [3.05, 3.63) is 71.2 Å². The zero-order valence-electron chi connectivity index (χ0n) is 21.1. The van der Waals surface area contributed by atoms with E-state index in [1.54, 1.807) is 30.4 Å². The maximum Gasteiger partial charge on any atom is 0.416 e. The van der Waals surface area contributed by atoms with Crippen LogP contribution in [0.15, 0.2) is 53.8 Å². The fourth-order valence-corrected chi connectivity index (χ4v) is 3.63. The summed E-state index contributed by atoms with van der Waals surface area (Å²) in [5, 5.41) is 7.22. The van der Waals surface area contributed by atoms with Crippen molar-refractivity contribution in [2.45, 2.75) is 39.4 Å². The number of hydrogen-bond acceptors (Lipinski definition) is 7. The zero-order valence-corrected chi connectivity index (χ0v) is 21.1. The first-order chi connectivity index (χ1) is 17.6. The summed E-state index contributed by atoms with van der Waals surface area (Å²) >= 11 is 0. The van der Waals surface area contributed by atoms with Gasteiger partial charge in [-0.25, -0.2) is 14.8 Å². The molecule has 3 aromatic rings. The van der Waals surface area contributed by atoms with Crippen LogP contribution in [-0.4, -0.2) is 42.5 Å². The van der Waals surface area contributed by atoms with Crippen molar-refractivity contribution in [2.75, 3.05) is 35.9 Å². The minimum atomic E-state index is -4.41. The second kappa shape index (κ2) is 12.5. The molecule has 2 aromatic carbocycles. The van der Waals surface area contributed by atoms with Gasteiger partial charge < -0.3 is 15.0 Å². The van der Waals surface area contributed by atoms with E-state index in [0.29, 0.717) is 30.9 Å². The number of hydrazone groups is 1. The number of nitrogens with one attached hydrogen (secondary N) is 2. The van der Waals surface area contributed by atoms with E-state index < -0.39 is 17.6 Å². The van der Waals surface area contributed by atoms with Crippen LogP contribution in [0.1, 0.15) is 37.5 Å². The quantitative estimate of drug-likeness (QED) is 0.178. The topological polar surface area (TPSA) is 74.7 Å². The van der Waals surface area contributed by atoms with E-state index in [9.17, 15) is 17.6 Å². The molecule has 198 valence electrons. The molecule has 3 rings (SSSR count). The van der Waals surface area contributed by atoms with Crippen molar-refractivity contribution in [2.24, 2.45) is 5.10 Å². The Bertz CT molecular complexity index is 1220. The lowest BCUT2D eigenvalue weighted by Crippen LogP contribution is -2.35. The molecule has 2 N–H and O–H groups in total. The second-order valence-electron chi connectivity index (χ2n) is 8.49. The summed E-state index contributed by atoms with van der Waals surface area (Å²) in [5.74, 6) is -0.257. The van der Waals surface area contributed by atoms with Crippen LogP contribution in [0, 0.1) is 5.82 Å². The van der Waals surface area contributed by atoms with Gasteiger partial charge in [0.1, 0.15) is 0 Å². The lowest BCUT2D eigenvalue weighted by Gasteiger charge is -2.27. The predicted molar refractivity (Wildman–Crippen MR) is 138 cm³/mol. The number of anilines is 4. The average Bonchev–Trinajstić information content (AvgIpc) is 2.86. The number of nitrogens with zero attached hydrogens (tertiary/aromatic N) is 4. The Kier molecular flexibility index (Phi) is 9.40. The Morgan fingerprint density at radius 2 is 1.89 bits per heavy atom. The van der Waals surface area contributed by atoms with Crippen molar-refractivity contribution >= 4 is 29.4 Å². The van der Waals surface area contributed by atoms with E-state index in [2.05, 4.69) is 25.8 Å². The molecule has 0 aliphatic rings. The molecule has 0 atom stereocenters. The summed E-state index contributed by atoms with van der Waals surface area (Å²) < 4.78 is 58.6. The third-order valence-electron chi connectivity index (χ3n) is 5.53. The summed E-state index contributed by atoms with van der Waals surface area (Å²) in [5.41, 5.74) is 4.73. The SMILES string of the molecule is CCc1cc(Nc2cccc(C(F)(F)F)c2)ccc1/C=N/Nc1ncc(F)c(N(CCOC)C(C)C)n1. The number of benzene rings is 2. The molecule has 11 heteroatoms. The van der Waals surface area contributed by atoms with Gasteiger partial charge in [-0.15, -0.1) is 0 Å². The van der Waals surface area contributed by atoms with Gasteiger partial charge in [-0.1, -0.05) is 19.1 Å². The lowest BCUT2D eigenvalue weighted by molar-refractivity contribution is -0.137. The average molecular weight is 519 g/mol. The van der Waals surface area contributed by atoms with Gasteiger partial charge in [0.05, 0.1) is 24.6 Å². The molecule has 1 aromatic heterocycles. The van der Waals surface area contributed by atoms with Crippen LogP contribution in [0.25, 0.3) is 0 Å². The van der Waals surface area contributed by atoms with Gasteiger partial charge in [-0.2, -0.15) is 23.3 Å². The summed E-state index contributed by atoms with van der Waals surface area (Å²) in [4.78, 5) is 10.0. The van der Waals surface area contributed by atoms with E-state index in [1.807, 2.05) is 32.9 Å². The van der Waals surface area contributed by atoms with Crippen LogP contribution in [0.2, 0.25) is 0 Å². The van der Waals surface area contributed by atoms with Gasteiger partial charge in [0.2, 0.25) is 5.95 Å². The van der Waals surface area contributed by atoms with Crippen LogP contribution in [0.4, 0.5) is 40.7 Å². The predicted octanol–water partition coefficient (Wildman–Crippen LogP) is 6.25. The maximum atomic E-state index is 14.4. The van der Waals surface area contributed by atoms with E-state index in [0.717, 1.165) is 29.5 Å². The number of alkyl halides is 3. The van der Waals surface area contributed by atoms with Gasteiger partial charge >= 0.3 is 6.18 Å². The standard InChI is InChI=1S/C26H30F4N6O/c1-5-18-13-22(33-21-8-6-7-20(14-21)26(28,29)30)10-9-19(18)15-32-35-25-31-16-23(27)24(34-25)36(17(2)3)11-12-37-4/h6-10,13-17,33H,5,11-12H2,1-4H3,(H,31,34,35)/b32-15+. The molecule has 0 bridgehead atoms. The highest BCUT2D eigenvalue weighted by atomic mass is 19.4. The molecule has 0 radical (unpaired) electrons. The van der Waals surface area contributed by atoms with E-state index >= 15 is 0 Å². The number of aromatic nitrogens is 2. The van der Waals surface area contributed by atoms with Gasteiger partial charge in [0.15, 0.2) is 11.6 Å². The van der Waals surface area contributed by atoms with Gasteiger partial charge in [-0.05, 0) is 61.7 Å². The van der Waals surface area contributed by atoms with Crippen LogP contribution in [0.3, 0.4) is 0 Å². The van der Waals surface area contributed by atoms with Crippen LogP contribution in [-0.2, 0) is 17.3 Å². The number of ether oxygens (including phenoxy) is 1. The normalized spacial score (nSPS) is 11.8. The minimum absolute atomic E-state index is 0.00826. The third-order valence-corrected chi connectivity index (χ3v) is 5.53. The monoisotopic (exact) mass is 518 g/mol. The molecule has 0 amide bonds. The Labute approximate surface area is 213 Å². The second-order valence-corrected chi connectivity index (χ2v) is 8.49. The lowest BCUT2D eigenvalue weighted by atomic mass is 10.0. The third kappa shape index (κ3) is 7.63. The Balaban J connectivity index is 1.74. The van der Waals surface area contributed by atoms with E-state index in [1.165, 1.54) is 6.07 Å². The zero-order chi connectivity index (χ0) is 27.0. The Hall–Kier alpha value is -3.73. The van der Waals surface area contributed by atoms with Crippen LogP contribution in [0.5, 0.6) is 0 Å². The van der Waals surface area contributed by atoms with Crippen molar-refractivity contribution in [1.82, 2.24) is 9.97 Å². The first kappa shape index (κ1) is 27.9. The number of aryl methyl sites for hydroxylation is 1. The Morgan fingerprint density at radius 3 is 2.57 bits per heavy atom. The van der Waals surface area contributed by atoms with Crippen molar-refractivity contribution < 1.29 is 22.3 Å². The number of halogens is 4. The Morgan fingerprint density at radius 1 is 1.14 bits per heavy atom. The van der Waals surface area contributed by atoms with Gasteiger partial charge in [-0.3, -0.25) is 0 Å². The fourth-order valence-electron chi connectivity index (χ4n) is 3.63. The molecule has 1 heterocycles. The fraction of sp³-hybridized carbons (Fsp3) is 0.346. The number of methoxy groups -OCH3 is 1. The van der Waals surface area contributed by atoms with E-state index in [-0.39, 0.29) is 17.8 Å². The first-order valence-electron chi connectivity index (χ1n) is 11.8. The van der Waals surface area contributed by atoms with Crippen LogP contribution < -0.4 is 15.6 Å². The molecule has 0 fully saturated rings. The first-order valence-corrected chi connectivity index (χ1v) is 11.8. The summed E-state index contributed by atoms with van der Waals surface area (Å²) in [6, 6.07) is 10.4. The minimum Gasteiger partial charge on any atom is -0.383 e. The summed E-state index contributed by atoms with van der Waals surface area (Å²) in [6.45, 7) is 6.71. The molecular formula is C26H30F4N6O. The molecule has 0 saturated carbocycles. The summed E-state index contributed by atoms with van der Waals surface area (Å²) in [7, 11) is 1.58. The molecule has 0 saturated heterocycles. The highest BCUT2D eigenvalue weighted by Crippen LogP contribution is 2.31. The van der Waals surface area contributed by atoms with Gasteiger partial charge in [0.25, 0.3) is 0 Å². The molecule has 37 heavy (non-hydrogen) atoms. The molecule has 7 nitrogen and oxygen atoms in total. The molecule has 0 aliphatic heterocycles. The van der Waals surface area contributed by atoms with Crippen molar-refractivity contribution in [1.29, 1.82) is 0 Å². The molecule has 0 spiro atoms. The number of rotatable bonds is 11. The van der Waals surface area contributed by atoms with E-state index in [4.69, 9.17) is 4.74 Å². The van der Waals surface area contributed by atoms with Gasteiger partial charge in [0, 0.05) is 31.1 Å². The van der Waals surface area contributed by atoms with Crippen molar-refractivity contribution in [3.63, 3.8) is 0 Å². The van der Waals surface area contributed by atoms with Crippen molar-refractivity contribution in [3.8, 4) is 0 Å².